The largest absolute Gasteiger partial charge is 0.456 e. The number of halogens is 2. The van der Waals surface area contributed by atoms with E-state index in [1.165, 1.54) is 12.1 Å². The van der Waals surface area contributed by atoms with E-state index in [1.54, 1.807) is 18.2 Å². The number of para-hydroxylation sites is 2. The molecule has 36 heavy (non-hydrogen) atoms. The minimum absolute atomic E-state index is 0.380. The first-order valence-electron chi connectivity index (χ1n) is 12.4. The van der Waals surface area contributed by atoms with Crippen LogP contribution < -0.4 is 9.80 Å². The minimum atomic E-state index is -1.09. The summed E-state index contributed by atoms with van der Waals surface area (Å²) in [5.41, 5.74) is 3.27. The minimum Gasteiger partial charge on any atom is -0.456 e. The zero-order valence-electron chi connectivity index (χ0n) is 20.2. The van der Waals surface area contributed by atoms with Gasteiger partial charge in [0.1, 0.15) is 17.0 Å². The van der Waals surface area contributed by atoms with Gasteiger partial charge in [0.05, 0.1) is 11.4 Å². The lowest BCUT2D eigenvalue weighted by atomic mass is 10.0. The number of nitrogens with zero attached hydrogens (tertiary/aromatic N) is 2. The molecule has 0 spiro atoms. The first kappa shape index (κ1) is 24.8. The molecule has 0 aliphatic carbocycles. The maximum absolute atomic E-state index is 14.7. The molecule has 2 atom stereocenters. The second-order valence-corrected chi connectivity index (χ2v) is 9.50. The molecule has 0 bridgehead atoms. The SMILES string of the molecule is CCOC(O)CCCCN1CCN(C(O)c2cc(F)cc3c2oc2cc(Cl)ccc23)c2ccccc21. The molecule has 4 aromatic rings. The average molecular weight is 513 g/mol. The molecular weight excluding hydrogens is 483 g/mol. The van der Waals surface area contributed by atoms with Crippen LogP contribution in [0, 0.1) is 5.82 Å². The molecule has 0 saturated carbocycles. The summed E-state index contributed by atoms with van der Waals surface area (Å²) in [5.74, 6) is -0.435. The molecule has 0 radical (unpaired) electrons. The summed E-state index contributed by atoms with van der Waals surface area (Å²) < 4.78 is 26.0. The van der Waals surface area contributed by atoms with Gasteiger partial charge in [0, 0.05) is 53.7 Å². The van der Waals surface area contributed by atoms with Gasteiger partial charge in [-0.3, -0.25) is 0 Å². The van der Waals surface area contributed by atoms with Gasteiger partial charge in [-0.1, -0.05) is 23.7 Å². The van der Waals surface area contributed by atoms with Crippen molar-refractivity contribution in [3.05, 3.63) is 71.0 Å². The second-order valence-electron chi connectivity index (χ2n) is 9.06. The molecule has 1 aliphatic rings. The van der Waals surface area contributed by atoms with Gasteiger partial charge in [-0.2, -0.15) is 0 Å². The third-order valence-corrected chi connectivity index (χ3v) is 6.97. The lowest BCUT2D eigenvalue weighted by molar-refractivity contribution is -0.0992. The van der Waals surface area contributed by atoms with Crippen LogP contribution in [-0.4, -0.2) is 42.7 Å². The molecule has 1 aliphatic heterocycles. The number of ether oxygens (including phenoxy) is 1. The lowest BCUT2D eigenvalue weighted by Gasteiger charge is -2.41. The van der Waals surface area contributed by atoms with E-state index >= 15 is 0 Å². The van der Waals surface area contributed by atoms with Crippen molar-refractivity contribution in [1.29, 1.82) is 0 Å². The highest BCUT2D eigenvalue weighted by Gasteiger charge is 2.30. The van der Waals surface area contributed by atoms with Crippen LogP contribution in [0.4, 0.5) is 15.8 Å². The van der Waals surface area contributed by atoms with Gasteiger partial charge >= 0.3 is 0 Å². The third kappa shape index (κ3) is 4.89. The van der Waals surface area contributed by atoms with Gasteiger partial charge in [0.2, 0.25) is 0 Å². The number of hydrogen-bond acceptors (Lipinski definition) is 6. The van der Waals surface area contributed by atoms with Crippen molar-refractivity contribution in [3.63, 3.8) is 0 Å². The van der Waals surface area contributed by atoms with E-state index in [1.807, 2.05) is 36.1 Å². The predicted octanol–water partition coefficient (Wildman–Crippen LogP) is 6.22. The van der Waals surface area contributed by atoms with Crippen LogP contribution in [0.5, 0.6) is 0 Å². The van der Waals surface area contributed by atoms with Crippen LogP contribution in [0.2, 0.25) is 5.02 Å². The van der Waals surface area contributed by atoms with Gasteiger partial charge in [-0.05, 0) is 62.6 Å². The normalized spacial score (nSPS) is 15.5. The van der Waals surface area contributed by atoms with E-state index in [-0.39, 0.29) is 0 Å². The summed E-state index contributed by atoms with van der Waals surface area (Å²) in [6, 6.07) is 15.9. The Labute approximate surface area is 214 Å². The van der Waals surface area contributed by atoms with E-state index < -0.39 is 18.3 Å². The summed E-state index contributed by atoms with van der Waals surface area (Å²) in [4.78, 5) is 4.18. The summed E-state index contributed by atoms with van der Waals surface area (Å²) in [6.07, 6.45) is 0.554. The van der Waals surface area contributed by atoms with E-state index in [9.17, 15) is 14.6 Å². The number of hydrogen-bond donors (Lipinski definition) is 2. The Kier molecular flexibility index (Phi) is 7.34. The standard InChI is InChI=1S/C28H30ClFN2O4/c1-2-35-26(33)9-5-6-12-31-13-14-32(24-8-4-3-7-23(24)31)28(34)22-17-19(30)16-21-20-11-10-18(29)15-25(20)36-27(21)22/h3-4,7-8,10-11,15-17,26,28,33-34H,2,5-6,9,12-14H2,1H3. The number of furan rings is 1. The third-order valence-electron chi connectivity index (χ3n) is 6.73. The van der Waals surface area contributed by atoms with Crippen LogP contribution in [-0.2, 0) is 4.74 Å². The van der Waals surface area contributed by atoms with Gasteiger partial charge in [-0.25, -0.2) is 4.39 Å². The zero-order chi connectivity index (χ0) is 25.2. The molecular formula is C28H30ClFN2O4. The van der Waals surface area contributed by atoms with Crippen LogP contribution in [0.25, 0.3) is 21.9 Å². The fourth-order valence-corrected chi connectivity index (χ4v) is 5.19. The van der Waals surface area contributed by atoms with Gasteiger partial charge in [0.25, 0.3) is 0 Å². The number of fused-ring (bicyclic) bond motifs is 4. The van der Waals surface area contributed by atoms with Crippen molar-refractivity contribution < 1.29 is 23.8 Å². The number of aliphatic hydroxyl groups is 2. The fraction of sp³-hybridized carbons (Fsp3) is 0.357. The lowest BCUT2D eigenvalue weighted by Crippen LogP contribution is -2.43. The Hall–Kier alpha value is -2.84. The Morgan fingerprint density at radius 3 is 2.64 bits per heavy atom. The molecule has 3 aromatic carbocycles. The Morgan fingerprint density at radius 1 is 1.03 bits per heavy atom. The topological polar surface area (TPSA) is 69.3 Å². The molecule has 8 heteroatoms. The van der Waals surface area contributed by atoms with E-state index in [4.69, 9.17) is 20.8 Å². The predicted molar refractivity (Wildman–Crippen MR) is 141 cm³/mol. The fourth-order valence-electron chi connectivity index (χ4n) is 5.03. The highest BCUT2D eigenvalue weighted by atomic mass is 35.5. The first-order valence-corrected chi connectivity index (χ1v) is 12.7. The Balaban J connectivity index is 1.41. The smallest absolute Gasteiger partial charge is 0.157 e. The molecule has 0 fully saturated rings. The van der Waals surface area contributed by atoms with E-state index in [2.05, 4.69) is 4.90 Å². The summed E-state index contributed by atoms with van der Waals surface area (Å²) in [6.45, 7) is 4.46. The maximum atomic E-state index is 14.7. The monoisotopic (exact) mass is 512 g/mol. The average Bonchev–Trinajstić information content (AvgIpc) is 3.23. The number of rotatable bonds is 9. The maximum Gasteiger partial charge on any atom is 0.157 e. The van der Waals surface area contributed by atoms with Crippen LogP contribution in [0.1, 0.15) is 38.0 Å². The molecule has 2 N–H and O–H groups in total. The Bertz CT molecular complexity index is 1360. The highest BCUT2D eigenvalue weighted by Crippen LogP contribution is 2.41. The molecule has 5 rings (SSSR count). The van der Waals surface area contributed by atoms with Crippen molar-refractivity contribution in [2.45, 2.75) is 38.7 Å². The van der Waals surface area contributed by atoms with Crippen molar-refractivity contribution in [3.8, 4) is 0 Å². The van der Waals surface area contributed by atoms with Crippen molar-refractivity contribution in [1.82, 2.24) is 0 Å². The highest BCUT2D eigenvalue weighted by molar-refractivity contribution is 6.31. The van der Waals surface area contributed by atoms with Gasteiger partial charge in [0.15, 0.2) is 12.5 Å². The molecule has 0 amide bonds. The first-order chi connectivity index (χ1) is 17.5. The molecule has 2 unspecified atom stereocenters. The van der Waals surface area contributed by atoms with E-state index in [0.717, 1.165) is 36.1 Å². The van der Waals surface area contributed by atoms with Crippen LogP contribution in [0.3, 0.4) is 0 Å². The number of benzene rings is 3. The number of aliphatic hydroxyl groups excluding tert-OH is 2. The number of unbranched alkanes of at least 4 members (excludes halogenated alkanes) is 1. The van der Waals surface area contributed by atoms with Gasteiger partial charge < -0.3 is 29.2 Å². The van der Waals surface area contributed by atoms with Crippen molar-refractivity contribution >= 4 is 44.9 Å². The number of anilines is 2. The van der Waals surface area contributed by atoms with Gasteiger partial charge in [-0.15, -0.1) is 0 Å². The van der Waals surface area contributed by atoms with Crippen molar-refractivity contribution in [2.24, 2.45) is 0 Å². The Morgan fingerprint density at radius 2 is 1.83 bits per heavy atom. The van der Waals surface area contributed by atoms with E-state index in [0.29, 0.717) is 53.3 Å². The molecule has 2 heterocycles. The molecule has 0 saturated heterocycles. The molecule has 6 nitrogen and oxygen atoms in total. The zero-order valence-corrected chi connectivity index (χ0v) is 20.9. The van der Waals surface area contributed by atoms with Crippen molar-refractivity contribution in [2.75, 3.05) is 36.0 Å². The van der Waals surface area contributed by atoms with Crippen LogP contribution in [0.15, 0.2) is 59.0 Å². The molecule has 190 valence electrons. The summed E-state index contributed by atoms with van der Waals surface area (Å²) >= 11 is 6.13. The summed E-state index contributed by atoms with van der Waals surface area (Å²) in [5, 5.41) is 23.2. The second kappa shape index (κ2) is 10.6. The van der Waals surface area contributed by atoms with Crippen LogP contribution >= 0.6 is 11.6 Å². The summed E-state index contributed by atoms with van der Waals surface area (Å²) in [7, 11) is 0. The quantitative estimate of drug-likeness (QED) is 0.205. The molecule has 1 aromatic heterocycles.